The normalized spacial score (nSPS) is 12.1. The zero-order chi connectivity index (χ0) is 37.0. The summed E-state index contributed by atoms with van der Waals surface area (Å²) in [5.74, 6) is 1.95. The molecule has 0 saturated heterocycles. The topological polar surface area (TPSA) is 48.5 Å². The lowest BCUT2D eigenvalue weighted by molar-refractivity contribution is 0.921. The summed E-state index contributed by atoms with van der Waals surface area (Å²) in [7, 11) is 0. The summed E-state index contributed by atoms with van der Waals surface area (Å²) in [6, 6.07) is 66.4. The van der Waals surface area contributed by atoms with Crippen molar-refractivity contribution in [2.75, 3.05) is 0 Å². The third-order valence-corrected chi connectivity index (χ3v) is 11.1. The van der Waals surface area contributed by atoms with Crippen LogP contribution in [0.15, 0.2) is 188 Å². The Balaban J connectivity index is 1.12. The summed E-state index contributed by atoms with van der Waals surface area (Å²) < 4.78 is 5.00. The van der Waals surface area contributed by atoms with Crippen LogP contribution in [0.3, 0.4) is 0 Å². The first-order valence-electron chi connectivity index (χ1n) is 19.2. The summed E-state index contributed by atoms with van der Waals surface area (Å²) >= 11 is 0. The molecule has 5 heteroatoms. The molecule has 0 radical (unpaired) electrons. The minimum Gasteiger partial charge on any atom is -0.307 e. The van der Waals surface area contributed by atoms with E-state index >= 15 is 0 Å². The minimum atomic E-state index is 0.642. The number of benzene rings is 7. The molecule has 0 unspecified atom stereocenters. The van der Waals surface area contributed by atoms with E-state index in [1.807, 2.05) is 60.7 Å². The summed E-state index contributed by atoms with van der Waals surface area (Å²) in [5.41, 5.74) is 15.2. The molecule has 3 aromatic heterocycles. The fraction of sp³-hybridized carbons (Fsp3) is 0.0392. The number of para-hydroxylation sites is 3. The van der Waals surface area contributed by atoms with Gasteiger partial charge < -0.3 is 9.13 Å². The SMILES string of the molecule is c1ccc(-c2nc(-c3ccccc3)nc(-c3ccc(-n4c5c(c6ccccc64)CCc4c-5n(-c5ccccc5-c5ccccc5)c5ccccc45)cc3)n2)cc1. The average Bonchev–Trinajstić information content (AvgIpc) is 3.80. The monoisotopic (exact) mass is 717 g/mol. The fourth-order valence-electron chi connectivity index (χ4n) is 8.61. The smallest absolute Gasteiger partial charge is 0.164 e. The van der Waals surface area contributed by atoms with Gasteiger partial charge in [0.05, 0.1) is 28.1 Å². The Kier molecular flexibility index (Phi) is 7.56. The number of fused-ring (bicyclic) bond motifs is 7. The van der Waals surface area contributed by atoms with Crippen LogP contribution in [0.25, 0.3) is 89.9 Å². The Labute approximate surface area is 324 Å². The van der Waals surface area contributed by atoms with Gasteiger partial charge in [-0.25, -0.2) is 15.0 Å². The van der Waals surface area contributed by atoms with Crippen molar-refractivity contribution in [1.29, 1.82) is 0 Å². The van der Waals surface area contributed by atoms with Crippen LogP contribution in [0.4, 0.5) is 0 Å². The van der Waals surface area contributed by atoms with Crippen LogP contribution < -0.4 is 0 Å². The third-order valence-electron chi connectivity index (χ3n) is 11.1. The van der Waals surface area contributed by atoms with Gasteiger partial charge in [0, 0.05) is 38.7 Å². The first-order valence-corrected chi connectivity index (χ1v) is 19.2. The zero-order valence-corrected chi connectivity index (χ0v) is 30.5. The van der Waals surface area contributed by atoms with Crippen LogP contribution >= 0.6 is 0 Å². The number of aryl methyl sites for hydroxylation is 2. The van der Waals surface area contributed by atoms with Gasteiger partial charge in [-0.2, -0.15) is 0 Å². The lowest BCUT2D eigenvalue weighted by Gasteiger charge is -2.22. The van der Waals surface area contributed by atoms with E-state index in [2.05, 4.69) is 137 Å². The van der Waals surface area contributed by atoms with Gasteiger partial charge in [0.25, 0.3) is 0 Å². The highest BCUT2D eigenvalue weighted by molar-refractivity contribution is 6.01. The molecule has 56 heavy (non-hydrogen) atoms. The molecule has 0 saturated carbocycles. The van der Waals surface area contributed by atoms with Gasteiger partial charge in [0.15, 0.2) is 17.5 Å². The van der Waals surface area contributed by atoms with Crippen molar-refractivity contribution in [3.05, 3.63) is 199 Å². The number of hydrogen-bond acceptors (Lipinski definition) is 3. The van der Waals surface area contributed by atoms with Gasteiger partial charge in [-0.1, -0.05) is 146 Å². The first-order chi connectivity index (χ1) is 27.8. The molecule has 264 valence electrons. The lowest BCUT2D eigenvalue weighted by atomic mass is 9.91. The van der Waals surface area contributed by atoms with Crippen LogP contribution in [-0.4, -0.2) is 24.1 Å². The van der Waals surface area contributed by atoms with Crippen molar-refractivity contribution < 1.29 is 0 Å². The second-order valence-corrected chi connectivity index (χ2v) is 14.3. The largest absolute Gasteiger partial charge is 0.307 e. The molecule has 0 N–H and O–H groups in total. The van der Waals surface area contributed by atoms with Crippen molar-refractivity contribution in [3.8, 4) is 68.1 Å². The maximum absolute atomic E-state index is 5.01. The molecule has 11 rings (SSSR count). The quantitative estimate of drug-likeness (QED) is 0.172. The highest BCUT2D eigenvalue weighted by Gasteiger charge is 2.31. The average molecular weight is 718 g/mol. The predicted molar refractivity (Wildman–Crippen MR) is 228 cm³/mol. The highest BCUT2D eigenvalue weighted by Crippen LogP contribution is 2.47. The zero-order valence-electron chi connectivity index (χ0n) is 30.5. The van der Waals surface area contributed by atoms with Crippen molar-refractivity contribution in [2.24, 2.45) is 0 Å². The van der Waals surface area contributed by atoms with Gasteiger partial charge >= 0.3 is 0 Å². The van der Waals surface area contributed by atoms with Gasteiger partial charge in [0.1, 0.15) is 0 Å². The Morgan fingerprint density at radius 2 is 0.750 bits per heavy atom. The summed E-state index contributed by atoms with van der Waals surface area (Å²) in [6.07, 6.45) is 1.95. The minimum absolute atomic E-state index is 0.642. The van der Waals surface area contributed by atoms with E-state index in [9.17, 15) is 0 Å². The van der Waals surface area contributed by atoms with Crippen molar-refractivity contribution in [3.63, 3.8) is 0 Å². The van der Waals surface area contributed by atoms with E-state index in [-0.39, 0.29) is 0 Å². The van der Waals surface area contributed by atoms with Crippen LogP contribution in [0, 0.1) is 0 Å². The standard InChI is InChI=1S/C51H35N5/c1-4-16-34(17-5-1)39-22-10-13-25-44(39)56-46-27-15-12-24-41(46)43-33-32-42-40-23-11-14-26-45(40)55(47(42)48(43)56)38-30-28-37(29-31-38)51-53-49(35-18-6-2-7-19-35)52-50(54-51)36-20-8-3-9-21-36/h1-31H,32-33H2. The number of rotatable bonds is 6. The highest BCUT2D eigenvalue weighted by atomic mass is 15.1. The molecule has 0 atom stereocenters. The molecule has 0 fully saturated rings. The van der Waals surface area contributed by atoms with Crippen LogP contribution in [0.5, 0.6) is 0 Å². The second-order valence-electron chi connectivity index (χ2n) is 14.3. The Bertz CT molecular complexity index is 2990. The molecule has 0 spiro atoms. The van der Waals surface area contributed by atoms with E-state index < -0.39 is 0 Å². The van der Waals surface area contributed by atoms with Gasteiger partial charge in [0.2, 0.25) is 0 Å². The predicted octanol–water partition coefficient (Wildman–Crippen LogP) is 12.2. The van der Waals surface area contributed by atoms with Crippen molar-refractivity contribution >= 4 is 21.8 Å². The molecule has 0 bridgehead atoms. The summed E-state index contributed by atoms with van der Waals surface area (Å²) in [5, 5.41) is 2.60. The molecule has 3 heterocycles. The molecule has 10 aromatic rings. The number of nitrogens with zero attached hydrogens (tertiary/aromatic N) is 5. The van der Waals surface area contributed by atoms with E-state index in [0.717, 1.165) is 35.2 Å². The van der Waals surface area contributed by atoms with Crippen LogP contribution in [0.1, 0.15) is 11.1 Å². The Hall–Kier alpha value is -7.37. The van der Waals surface area contributed by atoms with E-state index in [1.165, 1.54) is 61.1 Å². The number of aromatic nitrogens is 5. The van der Waals surface area contributed by atoms with E-state index in [4.69, 9.17) is 15.0 Å². The Morgan fingerprint density at radius 1 is 0.339 bits per heavy atom. The number of hydrogen-bond donors (Lipinski definition) is 0. The van der Waals surface area contributed by atoms with Gasteiger partial charge in [-0.15, -0.1) is 0 Å². The third kappa shape index (κ3) is 5.20. The summed E-state index contributed by atoms with van der Waals surface area (Å²) in [4.78, 5) is 14.9. The molecule has 0 aliphatic heterocycles. The van der Waals surface area contributed by atoms with Crippen LogP contribution in [-0.2, 0) is 12.8 Å². The molecule has 7 aromatic carbocycles. The lowest BCUT2D eigenvalue weighted by Crippen LogP contribution is -2.10. The maximum atomic E-state index is 5.01. The first kappa shape index (κ1) is 32.1. The van der Waals surface area contributed by atoms with Gasteiger partial charge in [-0.05, 0) is 72.0 Å². The molecule has 0 amide bonds. The molecule has 1 aliphatic carbocycles. The van der Waals surface area contributed by atoms with Crippen LogP contribution in [0.2, 0.25) is 0 Å². The molecule has 5 nitrogen and oxygen atoms in total. The van der Waals surface area contributed by atoms with Crippen molar-refractivity contribution in [2.45, 2.75) is 12.8 Å². The molecular weight excluding hydrogens is 683 g/mol. The Morgan fingerprint density at radius 3 is 1.30 bits per heavy atom. The van der Waals surface area contributed by atoms with E-state index in [1.54, 1.807) is 0 Å². The fourth-order valence-corrected chi connectivity index (χ4v) is 8.61. The maximum Gasteiger partial charge on any atom is 0.164 e. The second kappa shape index (κ2) is 13.2. The summed E-state index contributed by atoms with van der Waals surface area (Å²) in [6.45, 7) is 0. The van der Waals surface area contributed by atoms with Crippen molar-refractivity contribution in [1.82, 2.24) is 24.1 Å². The van der Waals surface area contributed by atoms with Gasteiger partial charge in [-0.3, -0.25) is 0 Å². The van der Waals surface area contributed by atoms with E-state index in [0.29, 0.717) is 17.5 Å². The molecule has 1 aliphatic rings. The molecular formula is C51H35N5.